The van der Waals surface area contributed by atoms with E-state index in [1.165, 1.54) is 0 Å². The molecule has 3 aromatic carbocycles. The summed E-state index contributed by atoms with van der Waals surface area (Å²) in [6.07, 6.45) is 2.46. The van der Waals surface area contributed by atoms with Gasteiger partial charge in [-0.25, -0.2) is 0 Å². The number of nitrogens with two attached hydrogens (primary N) is 1. The third-order valence-corrected chi connectivity index (χ3v) is 7.54. The molecule has 4 rings (SSSR count). The van der Waals surface area contributed by atoms with Crippen LogP contribution in [0.15, 0.2) is 78.9 Å². The van der Waals surface area contributed by atoms with Crippen LogP contribution in [0.25, 0.3) is 11.1 Å². The Morgan fingerprint density at radius 3 is 2.21 bits per heavy atom. The van der Waals surface area contributed by atoms with Crippen LogP contribution in [0.4, 0.5) is 5.69 Å². The maximum absolute atomic E-state index is 14.3. The first-order valence-corrected chi connectivity index (χ1v) is 13.9. The van der Waals surface area contributed by atoms with Gasteiger partial charge in [-0.15, -0.1) is 0 Å². The summed E-state index contributed by atoms with van der Waals surface area (Å²) in [5.74, 6) is -1.97. The van der Waals surface area contributed by atoms with Gasteiger partial charge in [-0.2, -0.15) is 0 Å². The fourth-order valence-corrected chi connectivity index (χ4v) is 5.66. The van der Waals surface area contributed by atoms with Gasteiger partial charge in [0.2, 0.25) is 11.8 Å². The normalized spacial score (nSPS) is 16.2. The lowest BCUT2D eigenvalue weighted by atomic mass is 9.81. The van der Waals surface area contributed by atoms with Crippen LogP contribution < -0.4 is 16.0 Å². The second-order valence-electron chi connectivity index (χ2n) is 10.8. The van der Waals surface area contributed by atoms with Crippen molar-refractivity contribution in [3.05, 3.63) is 90.0 Å². The number of rotatable bonds is 11. The smallest absolute Gasteiger partial charge is 0.254 e. The van der Waals surface area contributed by atoms with Crippen LogP contribution >= 0.6 is 0 Å². The molecule has 0 fully saturated rings. The molecule has 3 N–H and O–H groups in total. The number of amides is 3. The van der Waals surface area contributed by atoms with Crippen molar-refractivity contribution in [2.75, 3.05) is 11.4 Å². The van der Waals surface area contributed by atoms with Crippen molar-refractivity contribution in [1.82, 2.24) is 5.32 Å². The summed E-state index contributed by atoms with van der Waals surface area (Å²) in [6.45, 7) is 6.50. The fourth-order valence-electron chi connectivity index (χ4n) is 5.66. The third kappa shape index (κ3) is 6.39. The number of anilines is 1. The van der Waals surface area contributed by atoms with E-state index in [9.17, 15) is 14.4 Å². The Kier molecular flexibility index (Phi) is 9.18. The Morgan fingerprint density at radius 2 is 1.54 bits per heavy atom. The monoisotopic (exact) mass is 525 g/mol. The van der Waals surface area contributed by atoms with Gasteiger partial charge in [-0.05, 0) is 47.9 Å². The summed E-state index contributed by atoms with van der Waals surface area (Å²) in [5, 5.41) is 3.09. The van der Waals surface area contributed by atoms with Crippen molar-refractivity contribution < 1.29 is 14.4 Å². The van der Waals surface area contributed by atoms with E-state index >= 15 is 0 Å². The number of fused-ring (bicyclic) bond motifs is 3. The molecule has 3 amide bonds. The van der Waals surface area contributed by atoms with Crippen molar-refractivity contribution in [1.29, 1.82) is 0 Å². The van der Waals surface area contributed by atoms with Crippen molar-refractivity contribution in [3.63, 3.8) is 0 Å². The largest absolute Gasteiger partial charge is 0.369 e. The maximum atomic E-state index is 14.3. The molecule has 6 nitrogen and oxygen atoms in total. The Bertz CT molecular complexity index is 1300. The number of carbonyl (C=O) groups is 3. The van der Waals surface area contributed by atoms with E-state index in [2.05, 4.69) is 17.4 Å². The fraction of sp³-hybridized carbons (Fsp3) is 0.364. The van der Waals surface area contributed by atoms with Crippen molar-refractivity contribution in [3.8, 4) is 11.1 Å². The summed E-state index contributed by atoms with van der Waals surface area (Å²) in [6, 6.07) is 24.8. The minimum Gasteiger partial charge on any atom is -0.369 e. The molecular formula is C33H39N3O3. The summed E-state index contributed by atoms with van der Waals surface area (Å²) in [7, 11) is 0. The summed E-state index contributed by atoms with van der Waals surface area (Å²) < 4.78 is 0. The van der Waals surface area contributed by atoms with Gasteiger partial charge < -0.3 is 16.0 Å². The average Bonchev–Trinajstić information content (AvgIpc) is 3.03. The number of hydrogen-bond acceptors (Lipinski definition) is 3. The van der Waals surface area contributed by atoms with Crippen LogP contribution in [-0.4, -0.2) is 24.3 Å². The molecular weight excluding hydrogens is 486 g/mol. The number of hydrogen-bond donors (Lipinski definition) is 2. The second kappa shape index (κ2) is 12.7. The van der Waals surface area contributed by atoms with Crippen LogP contribution in [0.3, 0.4) is 0 Å². The summed E-state index contributed by atoms with van der Waals surface area (Å²) in [5.41, 5.74) is 10.3. The Labute approximate surface area is 231 Å². The van der Waals surface area contributed by atoms with Gasteiger partial charge in [0.15, 0.2) is 0 Å². The second-order valence-corrected chi connectivity index (χ2v) is 10.8. The van der Waals surface area contributed by atoms with Gasteiger partial charge >= 0.3 is 0 Å². The SMILES string of the molecule is CCCC(C(N)=O)C(CC(C)C)C(=O)NC1C(=O)N(CCc2ccccc2)c2ccccc2-c2ccccc21. The van der Waals surface area contributed by atoms with Crippen molar-refractivity contribution >= 4 is 23.4 Å². The van der Waals surface area contributed by atoms with Gasteiger partial charge in [0, 0.05) is 23.9 Å². The van der Waals surface area contributed by atoms with Crippen LogP contribution in [0, 0.1) is 17.8 Å². The molecule has 6 heteroatoms. The highest BCUT2D eigenvalue weighted by Gasteiger charge is 2.38. The molecule has 0 saturated heterocycles. The van der Waals surface area contributed by atoms with Gasteiger partial charge in [0.05, 0.1) is 5.69 Å². The number of carbonyl (C=O) groups excluding carboxylic acids is 3. The lowest BCUT2D eigenvalue weighted by Crippen LogP contribution is -2.47. The van der Waals surface area contributed by atoms with Gasteiger partial charge in [-0.1, -0.05) is 100.0 Å². The molecule has 1 aliphatic rings. The Morgan fingerprint density at radius 1 is 0.897 bits per heavy atom. The molecule has 0 saturated carbocycles. The molecule has 1 aliphatic heterocycles. The van der Waals surface area contributed by atoms with Crippen LogP contribution in [0.2, 0.25) is 0 Å². The van der Waals surface area contributed by atoms with Crippen molar-refractivity contribution in [2.24, 2.45) is 23.5 Å². The molecule has 3 unspecified atom stereocenters. The highest BCUT2D eigenvalue weighted by Crippen LogP contribution is 2.40. The van der Waals surface area contributed by atoms with Gasteiger partial charge in [0.25, 0.3) is 5.91 Å². The number of nitrogens with zero attached hydrogens (tertiary/aromatic N) is 1. The minimum atomic E-state index is -0.887. The standard InChI is InChI=1S/C33H39N3O3/c1-4-12-27(31(34)37)28(21-22(2)3)32(38)35-30-26-17-9-8-15-24(26)25-16-10-11-18-29(25)36(33(30)39)20-19-23-13-6-5-7-14-23/h5-11,13-18,22,27-28,30H,4,12,19-21H2,1-3H3,(H2,34,37)(H,35,38). The number of para-hydroxylation sites is 1. The van der Waals surface area contributed by atoms with Crippen molar-refractivity contribution in [2.45, 2.75) is 52.5 Å². The average molecular weight is 526 g/mol. The Hall–Kier alpha value is -3.93. The topological polar surface area (TPSA) is 92.5 Å². The van der Waals surface area contributed by atoms with E-state index < -0.39 is 23.8 Å². The highest BCUT2D eigenvalue weighted by molar-refractivity contribution is 6.06. The van der Waals surface area contributed by atoms with E-state index in [1.54, 1.807) is 4.90 Å². The molecule has 3 aromatic rings. The molecule has 1 heterocycles. The van der Waals surface area contributed by atoms with E-state index in [-0.39, 0.29) is 17.7 Å². The molecule has 0 aromatic heterocycles. The molecule has 0 bridgehead atoms. The summed E-state index contributed by atoms with van der Waals surface area (Å²) in [4.78, 5) is 42.4. The van der Waals surface area contributed by atoms with Gasteiger partial charge in [0.1, 0.15) is 6.04 Å². The molecule has 0 aliphatic carbocycles. The summed E-state index contributed by atoms with van der Waals surface area (Å²) >= 11 is 0. The number of nitrogens with one attached hydrogen (secondary N) is 1. The zero-order valence-corrected chi connectivity index (χ0v) is 23.1. The first kappa shape index (κ1) is 28.1. The number of benzene rings is 3. The molecule has 204 valence electrons. The zero-order valence-electron chi connectivity index (χ0n) is 23.1. The lowest BCUT2D eigenvalue weighted by Gasteiger charge is -2.30. The van der Waals surface area contributed by atoms with E-state index in [1.807, 2.05) is 87.5 Å². The first-order chi connectivity index (χ1) is 18.8. The Balaban J connectivity index is 1.74. The quantitative estimate of drug-likeness (QED) is 0.338. The maximum Gasteiger partial charge on any atom is 0.254 e. The molecule has 0 radical (unpaired) electrons. The molecule has 3 atom stereocenters. The predicted molar refractivity (Wildman–Crippen MR) is 156 cm³/mol. The van der Waals surface area contributed by atoms with E-state index in [0.717, 1.165) is 34.4 Å². The molecule has 39 heavy (non-hydrogen) atoms. The van der Waals surface area contributed by atoms with Crippen LogP contribution in [0.1, 0.15) is 57.2 Å². The number of primary amides is 1. The van der Waals surface area contributed by atoms with Crippen LogP contribution in [0.5, 0.6) is 0 Å². The zero-order chi connectivity index (χ0) is 27.9. The minimum absolute atomic E-state index is 0.184. The van der Waals surface area contributed by atoms with Crippen LogP contribution in [-0.2, 0) is 20.8 Å². The van der Waals surface area contributed by atoms with Gasteiger partial charge in [-0.3, -0.25) is 14.4 Å². The first-order valence-electron chi connectivity index (χ1n) is 13.9. The highest BCUT2D eigenvalue weighted by atomic mass is 16.2. The van der Waals surface area contributed by atoms with E-state index in [4.69, 9.17) is 5.73 Å². The predicted octanol–water partition coefficient (Wildman–Crippen LogP) is 5.66. The molecule has 0 spiro atoms. The van der Waals surface area contributed by atoms with E-state index in [0.29, 0.717) is 25.8 Å². The third-order valence-electron chi connectivity index (χ3n) is 7.54. The lowest BCUT2D eigenvalue weighted by molar-refractivity contribution is -0.136.